The first kappa shape index (κ1) is 17.6. The first-order valence-electron chi connectivity index (χ1n) is 8.62. The monoisotopic (exact) mass is 430 g/mol. The lowest BCUT2D eigenvalue weighted by molar-refractivity contribution is -0.123. The predicted octanol–water partition coefficient (Wildman–Crippen LogP) is 5.44. The predicted molar refractivity (Wildman–Crippen MR) is 108 cm³/mol. The number of amides is 2. The summed E-state index contributed by atoms with van der Waals surface area (Å²) in [5.41, 5.74) is 4.35. The third-order valence-electron chi connectivity index (χ3n) is 4.85. The molecule has 2 aromatic rings. The summed E-state index contributed by atoms with van der Waals surface area (Å²) >= 11 is 4.42. The maximum absolute atomic E-state index is 12.7. The molecule has 2 heterocycles. The molecule has 1 aromatic carbocycles. The van der Waals surface area contributed by atoms with E-state index in [9.17, 15) is 9.59 Å². The number of halogens is 1. The molecule has 0 unspecified atom stereocenters. The maximum Gasteiger partial charge on any atom is 0.293 e. The van der Waals surface area contributed by atoms with Crippen LogP contribution in [0.25, 0.3) is 6.08 Å². The van der Waals surface area contributed by atoms with Gasteiger partial charge in [0.05, 0.1) is 11.4 Å². The summed E-state index contributed by atoms with van der Waals surface area (Å²) in [6.45, 7) is 4.49. The molecule has 0 atom stereocenters. The zero-order chi connectivity index (χ0) is 18.4. The summed E-state index contributed by atoms with van der Waals surface area (Å²) in [6.07, 6.45) is 4.31. The summed E-state index contributed by atoms with van der Waals surface area (Å²) in [4.78, 5) is 26.9. The van der Waals surface area contributed by atoms with Crippen molar-refractivity contribution in [1.29, 1.82) is 0 Å². The molecular formula is C20H19BrN2O2S. The molecule has 0 bridgehead atoms. The smallest absolute Gasteiger partial charge is 0.293 e. The maximum atomic E-state index is 12.7. The van der Waals surface area contributed by atoms with E-state index in [1.54, 1.807) is 0 Å². The molecule has 134 valence electrons. The molecule has 2 amide bonds. The van der Waals surface area contributed by atoms with Crippen LogP contribution in [0.1, 0.15) is 41.4 Å². The lowest BCUT2D eigenvalue weighted by atomic mass is 10.2. The number of benzene rings is 1. The van der Waals surface area contributed by atoms with Gasteiger partial charge in [-0.2, -0.15) is 0 Å². The van der Waals surface area contributed by atoms with Gasteiger partial charge in [-0.15, -0.1) is 0 Å². The van der Waals surface area contributed by atoms with Crippen molar-refractivity contribution in [3.63, 3.8) is 0 Å². The van der Waals surface area contributed by atoms with Crippen molar-refractivity contribution >= 4 is 44.9 Å². The Morgan fingerprint density at radius 3 is 2.54 bits per heavy atom. The normalized spacial score (nSPS) is 19.0. The van der Waals surface area contributed by atoms with E-state index >= 15 is 0 Å². The van der Waals surface area contributed by atoms with Gasteiger partial charge in [0.2, 0.25) is 0 Å². The highest BCUT2D eigenvalue weighted by atomic mass is 79.9. The highest BCUT2D eigenvalue weighted by Crippen LogP contribution is 2.40. The molecule has 1 aliphatic carbocycles. The largest absolute Gasteiger partial charge is 0.346 e. The molecule has 2 fully saturated rings. The SMILES string of the molecule is Cc1cc(/C=C2\SC(=O)N(Cc3ccc(Br)cc3)C2=O)c(C)n1C1CC1. The van der Waals surface area contributed by atoms with Gasteiger partial charge in [0.15, 0.2) is 0 Å². The van der Waals surface area contributed by atoms with Gasteiger partial charge in [0.1, 0.15) is 0 Å². The molecule has 0 radical (unpaired) electrons. The van der Waals surface area contributed by atoms with Crippen LogP contribution in [0.15, 0.2) is 39.7 Å². The molecule has 1 aliphatic heterocycles. The van der Waals surface area contributed by atoms with E-state index in [0.29, 0.717) is 17.5 Å². The van der Waals surface area contributed by atoms with Crippen LogP contribution in [0.4, 0.5) is 4.79 Å². The second-order valence-electron chi connectivity index (χ2n) is 6.82. The van der Waals surface area contributed by atoms with Gasteiger partial charge in [-0.1, -0.05) is 28.1 Å². The number of thioether (sulfide) groups is 1. The van der Waals surface area contributed by atoms with Crippen LogP contribution in [0, 0.1) is 13.8 Å². The number of rotatable bonds is 4. The Labute approximate surface area is 165 Å². The Morgan fingerprint density at radius 2 is 1.88 bits per heavy atom. The highest BCUT2D eigenvalue weighted by Gasteiger charge is 2.35. The van der Waals surface area contributed by atoms with E-state index in [1.807, 2.05) is 30.3 Å². The zero-order valence-corrected chi connectivity index (χ0v) is 17.1. The second kappa shape index (κ2) is 6.74. The van der Waals surface area contributed by atoms with E-state index in [0.717, 1.165) is 27.4 Å². The summed E-state index contributed by atoms with van der Waals surface area (Å²) in [6, 6.07) is 10.4. The van der Waals surface area contributed by atoms with E-state index < -0.39 is 0 Å². The molecule has 0 spiro atoms. The lowest BCUT2D eigenvalue weighted by Crippen LogP contribution is -2.27. The van der Waals surface area contributed by atoms with Crippen LogP contribution < -0.4 is 0 Å². The summed E-state index contributed by atoms with van der Waals surface area (Å²) in [7, 11) is 0. The summed E-state index contributed by atoms with van der Waals surface area (Å²) < 4.78 is 3.32. The first-order chi connectivity index (χ1) is 12.4. The molecule has 6 heteroatoms. The standard InChI is InChI=1S/C20H19BrN2O2S/c1-12-9-15(13(2)23(12)17-7-8-17)10-18-19(24)22(20(25)26-18)11-14-3-5-16(21)6-4-14/h3-6,9-10,17H,7-8,11H2,1-2H3/b18-10-. The van der Waals surface area contributed by atoms with Gasteiger partial charge in [-0.05, 0) is 73.9 Å². The molecule has 1 saturated carbocycles. The van der Waals surface area contributed by atoms with Gasteiger partial charge in [-0.25, -0.2) is 0 Å². The highest BCUT2D eigenvalue weighted by molar-refractivity contribution is 9.10. The number of aryl methyl sites for hydroxylation is 1. The number of aromatic nitrogens is 1. The van der Waals surface area contributed by atoms with Crippen LogP contribution in [0.3, 0.4) is 0 Å². The third kappa shape index (κ3) is 3.28. The van der Waals surface area contributed by atoms with Crippen LogP contribution >= 0.6 is 27.7 Å². The molecule has 1 saturated heterocycles. The Morgan fingerprint density at radius 1 is 1.19 bits per heavy atom. The second-order valence-corrected chi connectivity index (χ2v) is 8.73. The number of imide groups is 1. The minimum absolute atomic E-state index is 0.208. The number of carbonyl (C=O) groups is 2. The Hall–Kier alpha value is -1.79. The van der Waals surface area contributed by atoms with E-state index in [1.165, 1.54) is 29.1 Å². The summed E-state index contributed by atoms with van der Waals surface area (Å²) in [5.74, 6) is -0.209. The molecule has 2 aliphatic rings. The molecule has 4 nitrogen and oxygen atoms in total. The van der Waals surface area contributed by atoms with Crippen molar-refractivity contribution in [3.05, 3.63) is 62.2 Å². The zero-order valence-electron chi connectivity index (χ0n) is 14.7. The van der Waals surface area contributed by atoms with E-state index in [4.69, 9.17) is 0 Å². The topological polar surface area (TPSA) is 42.3 Å². The molecular weight excluding hydrogens is 412 g/mol. The van der Waals surface area contributed by atoms with E-state index in [2.05, 4.69) is 40.4 Å². The number of carbonyl (C=O) groups excluding carboxylic acids is 2. The van der Waals surface area contributed by atoms with Gasteiger partial charge in [0.25, 0.3) is 11.1 Å². The Balaban J connectivity index is 1.58. The molecule has 1 aromatic heterocycles. The van der Waals surface area contributed by atoms with Crippen molar-refractivity contribution in [3.8, 4) is 0 Å². The fraction of sp³-hybridized carbons (Fsp3) is 0.300. The van der Waals surface area contributed by atoms with Crippen molar-refractivity contribution in [2.75, 3.05) is 0 Å². The van der Waals surface area contributed by atoms with Crippen molar-refractivity contribution < 1.29 is 9.59 Å². The van der Waals surface area contributed by atoms with Gasteiger partial charge in [-0.3, -0.25) is 14.5 Å². The number of nitrogens with zero attached hydrogens (tertiary/aromatic N) is 2. The number of hydrogen-bond acceptors (Lipinski definition) is 3. The lowest BCUT2D eigenvalue weighted by Gasteiger charge is -2.12. The number of hydrogen-bond donors (Lipinski definition) is 0. The third-order valence-corrected chi connectivity index (χ3v) is 6.29. The van der Waals surface area contributed by atoms with Crippen LogP contribution in [0.5, 0.6) is 0 Å². The minimum atomic E-state index is -0.209. The van der Waals surface area contributed by atoms with Crippen LogP contribution in [-0.2, 0) is 11.3 Å². The van der Waals surface area contributed by atoms with Gasteiger partial charge < -0.3 is 4.57 Å². The fourth-order valence-electron chi connectivity index (χ4n) is 3.39. The molecule has 26 heavy (non-hydrogen) atoms. The Kier molecular flexibility index (Phi) is 4.57. The van der Waals surface area contributed by atoms with Crippen molar-refractivity contribution in [2.45, 2.75) is 39.3 Å². The van der Waals surface area contributed by atoms with Gasteiger partial charge >= 0.3 is 0 Å². The van der Waals surface area contributed by atoms with Crippen LogP contribution in [-0.4, -0.2) is 20.6 Å². The average molecular weight is 431 g/mol. The molecule has 4 rings (SSSR count). The van der Waals surface area contributed by atoms with Gasteiger partial charge in [0, 0.05) is 21.9 Å². The Bertz CT molecular complexity index is 926. The average Bonchev–Trinajstić information content (AvgIpc) is 3.34. The molecule has 0 N–H and O–H groups in total. The van der Waals surface area contributed by atoms with Crippen molar-refractivity contribution in [2.24, 2.45) is 0 Å². The summed E-state index contributed by atoms with van der Waals surface area (Å²) in [5, 5.41) is -0.208. The first-order valence-corrected chi connectivity index (χ1v) is 10.2. The van der Waals surface area contributed by atoms with E-state index in [-0.39, 0.29) is 11.1 Å². The minimum Gasteiger partial charge on any atom is -0.346 e. The quantitative estimate of drug-likeness (QED) is 0.606. The van der Waals surface area contributed by atoms with Crippen molar-refractivity contribution in [1.82, 2.24) is 9.47 Å². The fourth-order valence-corrected chi connectivity index (χ4v) is 4.49. The van der Waals surface area contributed by atoms with Crippen LogP contribution in [0.2, 0.25) is 0 Å².